The van der Waals surface area contributed by atoms with Gasteiger partial charge in [-0.1, -0.05) is 18.2 Å². The molecule has 0 fully saturated rings. The molecule has 2 aromatic carbocycles. The van der Waals surface area contributed by atoms with Gasteiger partial charge in [0.2, 0.25) is 5.95 Å². The van der Waals surface area contributed by atoms with Crippen LogP contribution in [0.2, 0.25) is 0 Å². The van der Waals surface area contributed by atoms with Crippen molar-refractivity contribution in [2.24, 2.45) is 0 Å². The van der Waals surface area contributed by atoms with E-state index in [-0.39, 0.29) is 12.1 Å². The van der Waals surface area contributed by atoms with Crippen LogP contribution in [0.1, 0.15) is 29.6 Å². The van der Waals surface area contributed by atoms with Crippen molar-refractivity contribution in [1.29, 1.82) is 0 Å². The lowest BCUT2D eigenvalue weighted by Gasteiger charge is -2.32. The van der Waals surface area contributed by atoms with E-state index in [4.69, 9.17) is 14.2 Å². The maximum Gasteiger partial charge on any atom is 0.222 e. The SMILES string of the molecule is COc1cccc([C@@H]2C[C@H](c3ccc(OC)c(OC)c3)n3ncnc3N2)c1. The monoisotopic (exact) mass is 366 g/mol. The van der Waals surface area contributed by atoms with Crippen LogP contribution in [0, 0.1) is 0 Å². The molecule has 0 amide bonds. The Morgan fingerprint density at radius 2 is 1.81 bits per heavy atom. The minimum Gasteiger partial charge on any atom is -0.497 e. The molecule has 0 bridgehead atoms. The summed E-state index contributed by atoms with van der Waals surface area (Å²) in [6, 6.07) is 14.2. The fourth-order valence-corrected chi connectivity index (χ4v) is 3.53. The predicted octanol–water partition coefficient (Wildman–Crippen LogP) is 3.45. The van der Waals surface area contributed by atoms with Crippen molar-refractivity contribution in [3.05, 3.63) is 59.9 Å². The minimum absolute atomic E-state index is 0.0276. The van der Waals surface area contributed by atoms with Crippen molar-refractivity contribution in [2.45, 2.75) is 18.5 Å². The number of nitrogens with zero attached hydrogens (tertiary/aromatic N) is 3. The van der Waals surface area contributed by atoms with Crippen molar-refractivity contribution in [3.63, 3.8) is 0 Å². The number of aromatic nitrogens is 3. The average molecular weight is 366 g/mol. The summed E-state index contributed by atoms with van der Waals surface area (Å²) in [4.78, 5) is 4.38. The molecule has 1 aromatic heterocycles. The van der Waals surface area contributed by atoms with Gasteiger partial charge in [0, 0.05) is 0 Å². The predicted molar refractivity (Wildman–Crippen MR) is 102 cm³/mol. The van der Waals surface area contributed by atoms with E-state index >= 15 is 0 Å². The van der Waals surface area contributed by atoms with Crippen LogP contribution in [-0.2, 0) is 0 Å². The van der Waals surface area contributed by atoms with Crippen LogP contribution in [0.4, 0.5) is 5.95 Å². The minimum atomic E-state index is 0.0276. The molecular formula is C20H22N4O3. The Morgan fingerprint density at radius 3 is 2.59 bits per heavy atom. The summed E-state index contributed by atoms with van der Waals surface area (Å²) in [5, 5.41) is 7.89. The number of ether oxygens (including phenoxy) is 3. The molecular weight excluding hydrogens is 344 g/mol. The normalized spacial score (nSPS) is 18.3. The summed E-state index contributed by atoms with van der Waals surface area (Å²) in [6.45, 7) is 0. The molecule has 7 heteroatoms. The number of anilines is 1. The molecule has 1 aliphatic heterocycles. The third-order valence-electron chi connectivity index (χ3n) is 4.92. The van der Waals surface area contributed by atoms with Gasteiger partial charge < -0.3 is 19.5 Å². The summed E-state index contributed by atoms with van der Waals surface area (Å²) >= 11 is 0. The molecule has 27 heavy (non-hydrogen) atoms. The Balaban J connectivity index is 1.72. The summed E-state index contributed by atoms with van der Waals surface area (Å²) in [7, 11) is 4.96. The molecule has 1 N–H and O–H groups in total. The Kier molecular flexibility index (Phi) is 4.58. The zero-order valence-corrected chi connectivity index (χ0v) is 15.5. The quantitative estimate of drug-likeness (QED) is 0.746. The van der Waals surface area contributed by atoms with E-state index in [2.05, 4.69) is 27.5 Å². The maximum absolute atomic E-state index is 5.48. The van der Waals surface area contributed by atoms with Gasteiger partial charge in [0.25, 0.3) is 0 Å². The van der Waals surface area contributed by atoms with Crippen molar-refractivity contribution in [2.75, 3.05) is 26.6 Å². The van der Waals surface area contributed by atoms with Gasteiger partial charge in [-0.3, -0.25) is 0 Å². The second kappa shape index (κ2) is 7.19. The first-order chi connectivity index (χ1) is 13.2. The van der Waals surface area contributed by atoms with Crippen molar-refractivity contribution >= 4 is 5.95 Å². The molecule has 0 saturated heterocycles. The summed E-state index contributed by atoms with van der Waals surface area (Å²) in [5.41, 5.74) is 2.24. The molecule has 7 nitrogen and oxygen atoms in total. The van der Waals surface area contributed by atoms with E-state index in [9.17, 15) is 0 Å². The Labute approximate surface area is 157 Å². The molecule has 2 atom stereocenters. The number of benzene rings is 2. The molecule has 0 radical (unpaired) electrons. The van der Waals surface area contributed by atoms with Crippen molar-refractivity contribution < 1.29 is 14.2 Å². The first-order valence-electron chi connectivity index (χ1n) is 8.75. The highest BCUT2D eigenvalue weighted by Gasteiger charge is 2.30. The van der Waals surface area contributed by atoms with E-state index in [1.807, 2.05) is 35.0 Å². The van der Waals surface area contributed by atoms with Crippen LogP contribution in [0.5, 0.6) is 17.2 Å². The molecule has 0 saturated carbocycles. The molecule has 2 heterocycles. The van der Waals surface area contributed by atoms with Crippen LogP contribution < -0.4 is 19.5 Å². The molecule has 0 aliphatic carbocycles. The van der Waals surface area contributed by atoms with Crippen LogP contribution in [0.15, 0.2) is 48.8 Å². The van der Waals surface area contributed by atoms with E-state index in [0.29, 0.717) is 11.5 Å². The maximum atomic E-state index is 5.48. The molecule has 0 spiro atoms. The topological polar surface area (TPSA) is 70.4 Å². The van der Waals surface area contributed by atoms with Crippen molar-refractivity contribution in [1.82, 2.24) is 14.8 Å². The fourth-order valence-electron chi connectivity index (χ4n) is 3.53. The lowest BCUT2D eigenvalue weighted by atomic mass is 9.93. The largest absolute Gasteiger partial charge is 0.497 e. The number of hydrogen-bond donors (Lipinski definition) is 1. The van der Waals surface area contributed by atoms with Gasteiger partial charge in [0.15, 0.2) is 11.5 Å². The smallest absolute Gasteiger partial charge is 0.222 e. The van der Waals surface area contributed by atoms with Crippen molar-refractivity contribution in [3.8, 4) is 17.2 Å². The van der Waals surface area contributed by atoms with Gasteiger partial charge in [0.05, 0.1) is 33.4 Å². The number of rotatable bonds is 5. The fraction of sp³-hybridized carbons (Fsp3) is 0.300. The lowest BCUT2D eigenvalue weighted by Crippen LogP contribution is -2.28. The summed E-state index contributed by atoms with van der Waals surface area (Å²) in [6.07, 6.45) is 2.39. The summed E-state index contributed by atoms with van der Waals surface area (Å²) in [5.74, 6) is 2.99. The highest BCUT2D eigenvalue weighted by molar-refractivity contribution is 5.46. The van der Waals surface area contributed by atoms with E-state index in [0.717, 1.165) is 29.2 Å². The first-order valence-corrected chi connectivity index (χ1v) is 8.75. The zero-order valence-electron chi connectivity index (χ0n) is 15.5. The molecule has 140 valence electrons. The standard InChI is InChI=1S/C20H22N4O3/c1-25-15-6-4-5-13(9-15)16-11-17(24-20(23-16)21-12-22-24)14-7-8-18(26-2)19(10-14)27-3/h4-10,12,16-17H,11H2,1-3H3,(H,21,22,23)/t16-,17+/m0/s1. The van der Waals surface area contributed by atoms with E-state index < -0.39 is 0 Å². The summed E-state index contributed by atoms with van der Waals surface area (Å²) < 4.78 is 18.1. The highest BCUT2D eigenvalue weighted by Crippen LogP contribution is 2.40. The number of methoxy groups -OCH3 is 3. The molecule has 4 rings (SSSR count). The molecule has 0 unspecified atom stereocenters. The van der Waals surface area contributed by atoms with E-state index in [1.165, 1.54) is 0 Å². The Bertz CT molecular complexity index is 940. The second-order valence-corrected chi connectivity index (χ2v) is 6.37. The van der Waals surface area contributed by atoms with Gasteiger partial charge in [-0.15, -0.1) is 0 Å². The number of hydrogen-bond acceptors (Lipinski definition) is 6. The lowest BCUT2D eigenvalue weighted by molar-refractivity contribution is 0.352. The van der Waals surface area contributed by atoms with Crippen LogP contribution in [-0.4, -0.2) is 36.1 Å². The molecule has 1 aliphatic rings. The van der Waals surface area contributed by atoms with Crippen LogP contribution in [0.25, 0.3) is 0 Å². The van der Waals surface area contributed by atoms with Crippen LogP contribution >= 0.6 is 0 Å². The van der Waals surface area contributed by atoms with E-state index in [1.54, 1.807) is 27.7 Å². The third-order valence-corrected chi connectivity index (χ3v) is 4.92. The molecule has 3 aromatic rings. The zero-order chi connectivity index (χ0) is 18.8. The highest BCUT2D eigenvalue weighted by atomic mass is 16.5. The Morgan fingerprint density at radius 1 is 0.963 bits per heavy atom. The van der Waals surface area contributed by atoms with Gasteiger partial charge in [0.1, 0.15) is 12.1 Å². The Hall–Kier alpha value is -3.22. The number of fused-ring (bicyclic) bond motifs is 1. The van der Waals surface area contributed by atoms with Gasteiger partial charge in [-0.25, -0.2) is 4.68 Å². The second-order valence-electron chi connectivity index (χ2n) is 6.37. The van der Waals surface area contributed by atoms with Gasteiger partial charge in [-0.05, 0) is 41.8 Å². The van der Waals surface area contributed by atoms with Gasteiger partial charge >= 0.3 is 0 Å². The number of nitrogens with one attached hydrogen (secondary N) is 1. The first kappa shape index (κ1) is 17.2. The third kappa shape index (κ3) is 3.16. The van der Waals surface area contributed by atoms with Gasteiger partial charge in [-0.2, -0.15) is 10.1 Å². The average Bonchev–Trinajstić information content (AvgIpc) is 3.21. The van der Waals surface area contributed by atoms with Crippen LogP contribution in [0.3, 0.4) is 0 Å².